The van der Waals surface area contributed by atoms with Gasteiger partial charge in [-0.3, -0.25) is 4.79 Å². The number of rotatable bonds is 2. The Kier molecular flexibility index (Phi) is 3.20. The monoisotopic (exact) mass is 233 g/mol. The first-order valence-electron chi connectivity index (χ1n) is 6.08. The molecule has 0 aliphatic carbocycles. The summed E-state index contributed by atoms with van der Waals surface area (Å²) in [4.78, 5) is 11.7. The number of hydrogen-bond donors (Lipinski definition) is 2. The highest BCUT2D eigenvalue weighted by Crippen LogP contribution is 2.36. The molecule has 0 unspecified atom stereocenters. The molecule has 92 valence electrons. The Balaban J connectivity index is 2.49. The lowest BCUT2D eigenvalue weighted by molar-refractivity contribution is -0.145. The van der Waals surface area contributed by atoms with Gasteiger partial charge in [0.25, 0.3) is 0 Å². The van der Waals surface area contributed by atoms with Crippen LogP contribution in [0.4, 0.5) is 0 Å². The van der Waals surface area contributed by atoms with Gasteiger partial charge < -0.3 is 10.4 Å². The lowest BCUT2D eigenvalue weighted by Crippen LogP contribution is -2.45. The van der Waals surface area contributed by atoms with E-state index in [1.807, 2.05) is 26.0 Å². The van der Waals surface area contributed by atoms with Crippen LogP contribution in [0.5, 0.6) is 0 Å². The van der Waals surface area contributed by atoms with Gasteiger partial charge in [-0.25, -0.2) is 0 Å². The van der Waals surface area contributed by atoms with Crippen LogP contribution >= 0.6 is 0 Å². The summed E-state index contributed by atoms with van der Waals surface area (Å²) in [6.45, 7) is 5.60. The highest BCUT2D eigenvalue weighted by atomic mass is 16.4. The average Bonchev–Trinajstić information content (AvgIpc) is 2.29. The van der Waals surface area contributed by atoms with Gasteiger partial charge in [-0.15, -0.1) is 0 Å². The topological polar surface area (TPSA) is 49.3 Å². The first-order valence-corrected chi connectivity index (χ1v) is 6.08. The van der Waals surface area contributed by atoms with Crippen molar-refractivity contribution in [3.63, 3.8) is 0 Å². The first-order chi connectivity index (χ1) is 8.06. The molecule has 1 aliphatic heterocycles. The quantitative estimate of drug-likeness (QED) is 0.821. The summed E-state index contributed by atoms with van der Waals surface area (Å²) in [5.74, 6) is -0.689. The van der Waals surface area contributed by atoms with Crippen molar-refractivity contribution in [1.82, 2.24) is 5.32 Å². The van der Waals surface area contributed by atoms with E-state index in [0.717, 1.165) is 24.2 Å². The van der Waals surface area contributed by atoms with Crippen molar-refractivity contribution in [3.05, 3.63) is 34.9 Å². The molecule has 1 aliphatic rings. The van der Waals surface area contributed by atoms with Crippen molar-refractivity contribution in [2.75, 3.05) is 13.1 Å². The predicted octanol–water partition coefficient (Wildman–Crippen LogP) is 2.01. The third-order valence-electron chi connectivity index (χ3n) is 3.76. The molecule has 0 radical (unpaired) electrons. The number of aryl methyl sites for hydroxylation is 2. The van der Waals surface area contributed by atoms with Gasteiger partial charge in [-0.05, 0) is 50.9 Å². The molecule has 3 heteroatoms. The highest BCUT2D eigenvalue weighted by molar-refractivity contribution is 5.82. The van der Waals surface area contributed by atoms with Gasteiger partial charge in [-0.2, -0.15) is 0 Å². The van der Waals surface area contributed by atoms with E-state index in [9.17, 15) is 9.90 Å². The van der Waals surface area contributed by atoms with E-state index in [0.29, 0.717) is 12.8 Å². The summed E-state index contributed by atoms with van der Waals surface area (Å²) in [5, 5.41) is 12.8. The summed E-state index contributed by atoms with van der Waals surface area (Å²) >= 11 is 0. The van der Waals surface area contributed by atoms with E-state index in [2.05, 4.69) is 11.4 Å². The molecule has 1 saturated heterocycles. The average molecular weight is 233 g/mol. The van der Waals surface area contributed by atoms with E-state index < -0.39 is 11.4 Å². The lowest BCUT2D eigenvalue weighted by Gasteiger charge is -2.35. The number of nitrogens with one attached hydrogen (secondary N) is 1. The molecule has 1 heterocycles. The lowest BCUT2D eigenvalue weighted by atomic mass is 9.71. The Morgan fingerprint density at radius 3 is 2.47 bits per heavy atom. The number of aliphatic carboxylic acids is 1. The number of benzene rings is 1. The molecule has 1 aromatic rings. The summed E-state index contributed by atoms with van der Waals surface area (Å²) in [6.07, 6.45) is 1.35. The summed E-state index contributed by atoms with van der Waals surface area (Å²) in [7, 11) is 0. The Morgan fingerprint density at radius 1 is 1.29 bits per heavy atom. The maximum atomic E-state index is 11.7. The van der Waals surface area contributed by atoms with Crippen LogP contribution in [0.25, 0.3) is 0 Å². The van der Waals surface area contributed by atoms with E-state index in [4.69, 9.17) is 0 Å². The molecule has 0 spiro atoms. The SMILES string of the molecule is Cc1ccc(C2(C(=O)O)CCNCC2)c(C)c1. The number of carbonyl (C=O) groups is 1. The number of carboxylic acid groups (broad SMARTS) is 1. The van der Waals surface area contributed by atoms with Crippen LogP contribution in [0.15, 0.2) is 18.2 Å². The molecule has 0 amide bonds. The van der Waals surface area contributed by atoms with Crippen LogP contribution in [0.3, 0.4) is 0 Å². The zero-order chi connectivity index (χ0) is 12.5. The summed E-state index contributed by atoms with van der Waals surface area (Å²) in [6, 6.07) is 6.07. The molecule has 1 fully saturated rings. The third-order valence-corrected chi connectivity index (χ3v) is 3.76. The minimum Gasteiger partial charge on any atom is -0.481 e. The van der Waals surface area contributed by atoms with Crippen LogP contribution in [-0.4, -0.2) is 24.2 Å². The van der Waals surface area contributed by atoms with Crippen molar-refractivity contribution in [2.24, 2.45) is 0 Å². The summed E-state index contributed by atoms with van der Waals surface area (Å²) < 4.78 is 0. The number of hydrogen-bond acceptors (Lipinski definition) is 2. The minimum absolute atomic E-state index is 0.673. The van der Waals surface area contributed by atoms with Crippen molar-refractivity contribution in [3.8, 4) is 0 Å². The third kappa shape index (κ3) is 2.07. The molecule has 0 saturated carbocycles. The van der Waals surface area contributed by atoms with Gasteiger partial charge in [0.1, 0.15) is 0 Å². The maximum Gasteiger partial charge on any atom is 0.314 e. The molecule has 0 bridgehead atoms. The fourth-order valence-electron chi connectivity index (χ4n) is 2.80. The van der Waals surface area contributed by atoms with E-state index in [1.165, 1.54) is 5.56 Å². The highest BCUT2D eigenvalue weighted by Gasteiger charge is 2.42. The largest absolute Gasteiger partial charge is 0.481 e. The van der Waals surface area contributed by atoms with Gasteiger partial charge in [0.2, 0.25) is 0 Å². The molecule has 2 N–H and O–H groups in total. The molecule has 3 nitrogen and oxygen atoms in total. The van der Waals surface area contributed by atoms with Crippen LogP contribution in [0.1, 0.15) is 29.5 Å². The van der Waals surface area contributed by atoms with Crippen LogP contribution in [0.2, 0.25) is 0 Å². The van der Waals surface area contributed by atoms with Gasteiger partial charge in [-0.1, -0.05) is 23.8 Å². The maximum absolute atomic E-state index is 11.7. The van der Waals surface area contributed by atoms with Gasteiger partial charge in [0.05, 0.1) is 5.41 Å². The number of carboxylic acids is 1. The molecular weight excluding hydrogens is 214 g/mol. The van der Waals surface area contributed by atoms with E-state index in [-0.39, 0.29) is 0 Å². The first kappa shape index (κ1) is 12.1. The van der Waals surface area contributed by atoms with Crippen molar-refractivity contribution < 1.29 is 9.90 Å². The van der Waals surface area contributed by atoms with Crippen LogP contribution in [-0.2, 0) is 10.2 Å². The smallest absolute Gasteiger partial charge is 0.314 e. The molecular formula is C14H19NO2. The second kappa shape index (κ2) is 4.49. The van der Waals surface area contributed by atoms with Crippen molar-refractivity contribution in [2.45, 2.75) is 32.1 Å². The molecule has 0 atom stereocenters. The summed E-state index contributed by atoms with van der Waals surface area (Å²) in [5.41, 5.74) is 2.57. The zero-order valence-corrected chi connectivity index (χ0v) is 10.4. The Labute approximate surface area is 102 Å². The zero-order valence-electron chi connectivity index (χ0n) is 10.4. The fraction of sp³-hybridized carbons (Fsp3) is 0.500. The van der Waals surface area contributed by atoms with Crippen molar-refractivity contribution >= 4 is 5.97 Å². The predicted molar refractivity (Wildman–Crippen MR) is 67.3 cm³/mol. The van der Waals surface area contributed by atoms with Gasteiger partial charge in [0.15, 0.2) is 0 Å². The molecule has 2 rings (SSSR count). The Bertz CT molecular complexity index is 434. The normalized spacial score (nSPS) is 18.9. The van der Waals surface area contributed by atoms with Crippen LogP contribution in [0, 0.1) is 13.8 Å². The fourth-order valence-corrected chi connectivity index (χ4v) is 2.80. The van der Waals surface area contributed by atoms with Crippen molar-refractivity contribution in [1.29, 1.82) is 0 Å². The van der Waals surface area contributed by atoms with Crippen LogP contribution < -0.4 is 5.32 Å². The van der Waals surface area contributed by atoms with Gasteiger partial charge >= 0.3 is 5.97 Å². The standard InChI is InChI=1S/C14H19NO2/c1-10-3-4-12(11(2)9-10)14(13(16)17)5-7-15-8-6-14/h3-4,9,15H,5-8H2,1-2H3,(H,16,17). The molecule has 0 aromatic heterocycles. The second-order valence-corrected chi connectivity index (χ2v) is 4.96. The van der Waals surface area contributed by atoms with Gasteiger partial charge in [0, 0.05) is 0 Å². The Hall–Kier alpha value is -1.35. The van der Waals surface area contributed by atoms with E-state index >= 15 is 0 Å². The second-order valence-electron chi connectivity index (χ2n) is 4.96. The molecule has 1 aromatic carbocycles. The Morgan fingerprint density at radius 2 is 1.94 bits per heavy atom. The van der Waals surface area contributed by atoms with E-state index in [1.54, 1.807) is 0 Å². The molecule has 17 heavy (non-hydrogen) atoms. The number of piperidine rings is 1. The minimum atomic E-state index is -0.691.